The van der Waals surface area contributed by atoms with E-state index in [1.165, 1.54) is 26.1 Å². The van der Waals surface area contributed by atoms with E-state index < -0.39 is 11.8 Å². The van der Waals surface area contributed by atoms with Crippen LogP contribution in [0.15, 0.2) is 103 Å². The van der Waals surface area contributed by atoms with E-state index in [-0.39, 0.29) is 74.3 Å². The Morgan fingerprint density at radius 1 is 0.559 bits per heavy atom. The standard InChI is InChI=1S/C77H104N18O7/c1-11-28-92(69(98)20-15-39-101-58-18-13-17-52(41-58)73-80-61-24-21-53(44-64(61)83-73)74-81-62-25-22-56(45-65(62)84-74)90-35-31-88(9)32-36-90)50-70(99)93(29-12-2)51-71(100)94(49-67(78)96)47-55-48-95(87-86-55)30-16-27-79-68(97)19-14-40-102-72-59(76(3,4)5)42-54(43-60(72)77(6,7)8)75-82-63-26-23-57(46-66(63)85-75)91-37-33-89(10)34-38-91/h13,17-18,21-26,41-46,48,86-87H,11-12,14-16,19-20,27-40,47,49-51H2,1-10H3,(H2,78,96)(H,79,97)(H,80,83)(H,81,84)(H,82,85). The number of anilines is 2. The van der Waals surface area contributed by atoms with Crippen LogP contribution in [0, 0.1) is 0 Å². The van der Waals surface area contributed by atoms with Gasteiger partial charge in [-0.2, -0.15) is 0 Å². The second-order valence-electron chi connectivity index (χ2n) is 29.4. The van der Waals surface area contributed by atoms with Gasteiger partial charge < -0.3 is 75.2 Å². The zero-order chi connectivity index (χ0) is 72.2. The molecule has 0 atom stereocenters. The summed E-state index contributed by atoms with van der Waals surface area (Å²) in [7, 11) is 4.33. The fourth-order valence-electron chi connectivity index (χ4n) is 13.3. The Kier molecular flexibility index (Phi) is 23.7. The monoisotopic (exact) mass is 1390 g/mol. The van der Waals surface area contributed by atoms with Crippen LogP contribution >= 0.6 is 0 Å². The predicted octanol–water partition coefficient (Wildman–Crippen LogP) is 8.90. The summed E-state index contributed by atoms with van der Waals surface area (Å²) in [6, 6.07) is 31.1. The quantitative estimate of drug-likeness (QED) is 0.0200. The maximum absolute atomic E-state index is 14.0. The number of aromatic nitrogens is 6. The van der Waals surface area contributed by atoms with Crippen molar-refractivity contribution in [3.63, 3.8) is 0 Å². The molecule has 5 amide bonds. The molecule has 0 saturated carbocycles. The summed E-state index contributed by atoms with van der Waals surface area (Å²) < 4.78 is 12.8. The first-order valence-electron chi connectivity index (χ1n) is 36.2. The molecule has 8 aromatic rings. The second-order valence-corrected chi connectivity index (χ2v) is 29.4. The number of nitrogens with one attached hydrogen (secondary N) is 6. The van der Waals surface area contributed by atoms with E-state index in [9.17, 15) is 24.0 Å². The van der Waals surface area contributed by atoms with E-state index in [0.717, 1.165) is 131 Å². The largest absolute Gasteiger partial charge is 0.494 e. The Bertz CT molecular complexity index is 4250. The number of carbonyl (C=O) groups excluding carboxylic acids is 5. The van der Waals surface area contributed by atoms with Crippen molar-refractivity contribution in [1.29, 1.82) is 0 Å². The summed E-state index contributed by atoms with van der Waals surface area (Å²) in [6.07, 6.45) is 4.98. The van der Waals surface area contributed by atoms with E-state index in [0.29, 0.717) is 82.0 Å². The van der Waals surface area contributed by atoms with Gasteiger partial charge in [0.1, 0.15) is 29.0 Å². The van der Waals surface area contributed by atoms with Crippen LogP contribution in [0.4, 0.5) is 11.4 Å². The number of nitrogens with two attached hydrogens (primary N) is 1. The van der Waals surface area contributed by atoms with Crippen LogP contribution in [0.25, 0.3) is 67.3 Å². The summed E-state index contributed by atoms with van der Waals surface area (Å²) in [5, 5.41) is 4.84. The van der Waals surface area contributed by atoms with Gasteiger partial charge in [-0.3, -0.25) is 29.0 Å². The molecular formula is C77H104N18O7. The number of likely N-dealkylation sites (N-methyl/N-ethyl adjacent to an activating group) is 2. The van der Waals surface area contributed by atoms with Gasteiger partial charge in [0.05, 0.1) is 78.2 Å². The summed E-state index contributed by atoms with van der Waals surface area (Å²) in [4.78, 5) is 107. The van der Waals surface area contributed by atoms with Crippen molar-refractivity contribution >= 4 is 74.0 Å². The molecular weight excluding hydrogens is 1290 g/mol. The number of piperazine rings is 2. The van der Waals surface area contributed by atoms with Gasteiger partial charge in [-0.15, -0.1) is 5.53 Å². The molecule has 0 unspecified atom stereocenters. The number of rotatable bonds is 31. The number of hydrazine groups is 2. The number of H-pyrrole nitrogens is 3. The number of primary amides is 1. The maximum Gasteiger partial charge on any atom is 0.243 e. The molecule has 0 radical (unpaired) electrons. The molecule has 0 bridgehead atoms. The highest BCUT2D eigenvalue weighted by Gasteiger charge is 2.31. The normalized spacial score (nSPS) is 14.7. The van der Waals surface area contributed by atoms with Gasteiger partial charge in [-0.1, -0.05) is 67.5 Å². The lowest BCUT2D eigenvalue weighted by atomic mass is 9.78. The number of imidazole rings is 3. The molecule has 3 aliphatic heterocycles. The Morgan fingerprint density at radius 2 is 1.11 bits per heavy atom. The number of amides is 5. The summed E-state index contributed by atoms with van der Waals surface area (Å²) >= 11 is 0. The molecule has 25 heteroatoms. The fourth-order valence-corrected chi connectivity index (χ4v) is 13.3. The highest BCUT2D eigenvalue weighted by molar-refractivity contribution is 5.91. The minimum absolute atomic E-state index is 0.00781. The van der Waals surface area contributed by atoms with Crippen LogP contribution in [0.2, 0.25) is 0 Å². The van der Waals surface area contributed by atoms with Crippen LogP contribution in [0.3, 0.4) is 0 Å². The SMILES string of the molecule is CCCN(CC(=O)N(CCC)CC(=O)N(CC(N)=O)CC1=CN(CCCNC(=O)CCCOc2c(C(C)(C)C)cc(-c3nc4cc(N5CCN(C)CC5)ccc4[nH]3)cc2C(C)(C)C)NN1)C(=O)CCCOc1cccc(-c2nc3ccc(-c4nc5ccc(N6CCN(C)CC6)cc5[nH]4)cc3[nH]2)c1. The lowest BCUT2D eigenvalue weighted by molar-refractivity contribution is -0.144. The molecule has 5 aromatic carbocycles. The molecule has 25 nitrogen and oxygen atoms in total. The van der Waals surface area contributed by atoms with Gasteiger partial charge in [-0.25, -0.2) is 15.0 Å². The van der Waals surface area contributed by atoms with E-state index in [1.54, 1.807) is 11.2 Å². The Labute approximate surface area is 598 Å². The van der Waals surface area contributed by atoms with Gasteiger partial charge in [0, 0.05) is 137 Å². The molecule has 11 rings (SSSR count). The predicted molar refractivity (Wildman–Crippen MR) is 403 cm³/mol. The van der Waals surface area contributed by atoms with E-state index in [1.807, 2.05) is 50.2 Å². The van der Waals surface area contributed by atoms with Gasteiger partial charge >= 0.3 is 0 Å². The van der Waals surface area contributed by atoms with Crippen molar-refractivity contribution in [2.24, 2.45) is 5.73 Å². The van der Waals surface area contributed by atoms with Gasteiger partial charge in [-0.05, 0) is 136 Å². The number of benzene rings is 5. The topological polar surface area (TPSA) is 278 Å². The van der Waals surface area contributed by atoms with Crippen molar-refractivity contribution in [3.8, 4) is 45.7 Å². The molecule has 2 fully saturated rings. The Balaban J connectivity index is 0.609. The maximum atomic E-state index is 14.0. The average Bonchev–Trinajstić information content (AvgIpc) is 1.21. The first-order chi connectivity index (χ1) is 48.9. The van der Waals surface area contributed by atoms with Crippen LogP contribution in [0.1, 0.15) is 111 Å². The average molecular weight is 1390 g/mol. The molecule has 544 valence electrons. The number of fused-ring (bicyclic) bond motifs is 3. The molecule has 8 N–H and O–H groups in total. The summed E-state index contributed by atoms with van der Waals surface area (Å²) in [6.45, 7) is 26.5. The minimum Gasteiger partial charge on any atom is -0.494 e. The van der Waals surface area contributed by atoms with E-state index >= 15 is 0 Å². The first kappa shape index (κ1) is 73.5. The number of ether oxygens (including phenoxy) is 2. The zero-order valence-corrected chi connectivity index (χ0v) is 61.3. The van der Waals surface area contributed by atoms with E-state index in [4.69, 9.17) is 30.2 Å². The first-order valence-corrected chi connectivity index (χ1v) is 36.2. The molecule has 0 spiro atoms. The summed E-state index contributed by atoms with van der Waals surface area (Å²) in [5.74, 6) is 1.95. The second kappa shape index (κ2) is 32.9. The molecule has 3 aliphatic rings. The minimum atomic E-state index is -0.706. The van der Waals surface area contributed by atoms with Crippen LogP contribution < -0.4 is 41.3 Å². The van der Waals surface area contributed by atoms with Crippen LogP contribution in [-0.4, -0.2) is 221 Å². The lowest BCUT2D eigenvalue weighted by Gasteiger charge is -2.34. The van der Waals surface area contributed by atoms with Gasteiger partial charge in [0.15, 0.2) is 0 Å². The van der Waals surface area contributed by atoms with Crippen molar-refractivity contribution in [2.75, 3.05) is 142 Å². The number of hydrogen-bond donors (Lipinski definition) is 7. The van der Waals surface area contributed by atoms with Gasteiger partial charge in [0.25, 0.3) is 0 Å². The third-order valence-corrected chi connectivity index (χ3v) is 19.1. The van der Waals surface area contributed by atoms with Crippen molar-refractivity contribution in [1.82, 2.24) is 75.7 Å². The highest BCUT2D eigenvalue weighted by Crippen LogP contribution is 2.43. The number of hydrogen-bond acceptors (Lipinski definition) is 17. The fraction of sp³-hybridized carbons (Fsp3) is 0.481. The number of nitrogens with zero attached hydrogens (tertiary/aromatic N) is 11. The van der Waals surface area contributed by atoms with Crippen molar-refractivity contribution in [2.45, 2.75) is 111 Å². The smallest absolute Gasteiger partial charge is 0.243 e. The van der Waals surface area contributed by atoms with Gasteiger partial charge in [0.2, 0.25) is 29.5 Å². The molecule has 3 aromatic heterocycles. The highest BCUT2D eigenvalue weighted by atomic mass is 16.5. The third kappa shape index (κ3) is 18.9. The van der Waals surface area contributed by atoms with E-state index in [2.05, 4.69) is 161 Å². The Morgan fingerprint density at radius 3 is 1.75 bits per heavy atom. The van der Waals surface area contributed by atoms with Crippen LogP contribution in [0.5, 0.6) is 11.5 Å². The third-order valence-electron chi connectivity index (χ3n) is 19.1. The number of aromatic amines is 3. The van der Waals surface area contributed by atoms with Crippen molar-refractivity contribution in [3.05, 3.63) is 114 Å². The molecule has 0 aliphatic carbocycles. The lowest BCUT2D eigenvalue weighted by Crippen LogP contribution is -2.50. The number of carbonyl (C=O) groups is 5. The molecule has 2 saturated heterocycles. The summed E-state index contributed by atoms with van der Waals surface area (Å²) in [5.41, 5.74) is 24.8. The molecule has 102 heavy (non-hydrogen) atoms. The zero-order valence-electron chi connectivity index (χ0n) is 61.3. The molecule has 6 heterocycles. The Hall–Kier alpha value is -9.72. The van der Waals surface area contributed by atoms with Crippen LogP contribution in [-0.2, 0) is 34.8 Å². The van der Waals surface area contributed by atoms with Crippen molar-refractivity contribution < 1.29 is 33.4 Å².